The Balaban J connectivity index is 1.71. The third kappa shape index (κ3) is 3.41. The summed E-state index contributed by atoms with van der Waals surface area (Å²) in [6, 6.07) is 11.6. The molecule has 3 N–H and O–H groups in total. The monoisotopic (exact) mass is 377 g/mol. The highest BCUT2D eigenvalue weighted by molar-refractivity contribution is 7.15. The zero-order chi connectivity index (χ0) is 18.8. The van der Waals surface area contributed by atoms with Crippen molar-refractivity contribution < 1.29 is 4.79 Å². The predicted molar refractivity (Wildman–Crippen MR) is 110 cm³/mol. The molecule has 0 saturated heterocycles. The molecule has 3 aromatic heterocycles. The van der Waals surface area contributed by atoms with Crippen LogP contribution in [-0.4, -0.2) is 27.5 Å². The maximum absolute atomic E-state index is 11.7. The summed E-state index contributed by atoms with van der Waals surface area (Å²) in [4.78, 5) is 25.1. The van der Waals surface area contributed by atoms with E-state index in [0.717, 1.165) is 43.4 Å². The zero-order valence-electron chi connectivity index (χ0n) is 15.0. The molecule has 1 aromatic carbocycles. The Morgan fingerprint density at radius 2 is 2.00 bits per heavy atom. The number of pyridine rings is 1. The number of aromatic amines is 1. The van der Waals surface area contributed by atoms with Gasteiger partial charge in [-0.05, 0) is 38.1 Å². The zero-order valence-corrected chi connectivity index (χ0v) is 15.9. The van der Waals surface area contributed by atoms with Crippen molar-refractivity contribution in [3.8, 4) is 21.7 Å². The maximum Gasteiger partial charge on any atom is 0.319 e. The fourth-order valence-electron chi connectivity index (χ4n) is 3.01. The smallest absolute Gasteiger partial charge is 0.319 e. The first-order valence-corrected chi connectivity index (χ1v) is 9.52. The number of fused-ring (bicyclic) bond motifs is 1. The second-order valence-electron chi connectivity index (χ2n) is 6.07. The molecule has 2 amide bonds. The lowest BCUT2D eigenvalue weighted by Gasteiger charge is -2.08. The van der Waals surface area contributed by atoms with Crippen LogP contribution in [0.3, 0.4) is 0 Å². The van der Waals surface area contributed by atoms with Crippen molar-refractivity contribution in [1.82, 2.24) is 20.3 Å². The van der Waals surface area contributed by atoms with Crippen molar-refractivity contribution in [3.63, 3.8) is 0 Å². The van der Waals surface area contributed by atoms with E-state index in [-0.39, 0.29) is 6.03 Å². The first-order chi connectivity index (χ1) is 13.2. The average molecular weight is 377 g/mol. The van der Waals surface area contributed by atoms with Crippen LogP contribution in [0.15, 0.2) is 48.8 Å². The molecular formula is C20H19N5OS. The van der Waals surface area contributed by atoms with Crippen molar-refractivity contribution in [2.75, 3.05) is 11.9 Å². The van der Waals surface area contributed by atoms with Gasteiger partial charge >= 0.3 is 6.03 Å². The number of thiazole rings is 1. The van der Waals surface area contributed by atoms with E-state index in [1.165, 1.54) is 0 Å². The highest BCUT2D eigenvalue weighted by Gasteiger charge is 2.16. The van der Waals surface area contributed by atoms with Gasteiger partial charge in [-0.25, -0.2) is 14.8 Å². The lowest BCUT2D eigenvalue weighted by Crippen LogP contribution is -2.28. The predicted octanol–water partition coefficient (Wildman–Crippen LogP) is 4.80. The number of benzene rings is 1. The van der Waals surface area contributed by atoms with Gasteiger partial charge in [0.15, 0.2) is 0 Å². The molecular weight excluding hydrogens is 358 g/mol. The van der Waals surface area contributed by atoms with Gasteiger partial charge in [-0.2, -0.15) is 0 Å². The topological polar surface area (TPSA) is 82.7 Å². The number of aromatic nitrogens is 3. The molecule has 0 atom stereocenters. The number of amides is 2. The average Bonchev–Trinajstić information content (AvgIpc) is 3.29. The van der Waals surface area contributed by atoms with Gasteiger partial charge in [-0.1, -0.05) is 12.1 Å². The van der Waals surface area contributed by atoms with E-state index < -0.39 is 0 Å². The summed E-state index contributed by atoms with van der Waals surface area (Å²) in [5.74, 6) is 0. The normalized spacial score (nSPS) is 10.9. The quantitative estimate of drug-likeness (QED) is 0.477. The minimum atomic E-state index is -0.206. The molecule has 27 heavy (non-hydrogen) atoms. The molecule has 7 heteroatoms. The number of rotatable bonds is 4. The number of urea groups is 1. The van der Waals surface area contributed by atoms with Gasteiger partial charge in [0.25, 0.3) is 0 Å². The van der Waals surface area contributed by atoms with Gasteiger partial charge in [-0.3, -0.25) is 0 Å². The number of carbonyl (C=O) groups excluding carboxylic acids is 1. The first-order valence-electron chi connectivity index (χ1n) is 8.71. The van der Waals surface area contributed by atoms with Gasteiger partial charge < -0.3 is 15.6 Å². The lowest BCUT2D eigenvalue weighted by molar-refractivity contribution is 0.252. The highest BCUT2D eigenvalue weighted by Crippen LogP contribution is 2.39. The Labute approximate surface area is 160 Å². The first kappa shape index (κ1) is 17.2. The van der Waals surface area contributed by atoms with E-state index in [0.29, 0.717) is 6.54 Å². The van der Waals surface area contributed by atoms with Crippen LogP contribution in [0.5, 0.6) is 0 Å². The summed E-state index contributed by atoms with van der Waals surface area (Å²) in [5, 5.41) is 7.62. The van der Waals surface area contributed by atoms with Gasteiger partial charge in [0.2, 0.25) is 0 Å². The number of nitrogens with one attached hydrogen (secondary N) is 3. The van der Waals surface area contributed by atoms with E-state index in [9.17, 15) is 4.79 Å². The SMILES string of the molecule is CCNC(=O)Nc1ccc(-c2nc(C)sc2-c2ccnc3[nH]ccc23)cc1. The van der Waals surface area contributed by atoms with Crippen LogP contribution in [0.1, 0.15) is 11.9 Å². The molecule has 0 aliphatic carbocycles. The van der Waals surface area contributed by atoms with Crippen LogP contribution in [0.4, 0.5) is 10.5 Å². The van der Waals surface area contributed by atoms with Gasteiger partial charge in [0.05, 0.1) is 15.6 Å². The Hall–Kier alpha value is -3.19. The molecule has 3 heterocycles. The molecule has 0 saturated carbocycles. The molecule has 0 bridgehead atoms. The van der Waals surface area contributed by atoms with E-state index in [1.54, 1.807) is 11.3 Å². The molecule has 0 aliphatic heterocycles. The van der Waals surface area contributed by atoms with Crippen molar-refractivity contribution in [1.29, 1.82) is 0 Å². The molecule has 4 aromatic rings. The Bertz CT molecular complexity index is 1100. The molecule has 0 unspecified atom stereocenters. The fraction of sp³-hybridized carbons (Fsp3) is 0.150. The highest BCUT2D eigenvalue weighted by atomic mass is 32.1. The van der Waals surface area contributed by atoms with E-state index >= 15 is 0 Å². The largest absolute Gasteiger partial charge is 0.346 e. The standard InChI is InChI=1S/C20H19N5OS/c1-3-21-20(26)25-14-6-4-13(5-7-14)17-18(27-12(2)24-17)15-8-10-22-19-16(15)9-11-23-19/h4-11H,3H2,1-2H3,(H,22,23)(H2,21,25,26). The van der Waals surface area contributed by atoms with Crippen LogP contribution >= 0.6 is 11.3 Å². The molecule has 0 fully saturated rings. The molecule has 4 rings (SSSR count). The van der Waals surface area contributed by atoms with Crippen molar-refractivity contribution in [2.24, 2.45) is 0 Å². The van der Waals surface area contributed by atoms with Gasteiger partial charge in [-0.15, -0.1) is 11.3 Å². The van der Waals surface area contributed by atoms with Crippen molar-refractivity contribution in [3.05, 3.63) is 53.8 Å². The summed E-state index contributed by atoms with van der Waals surface area (Å²) in [7, 11) is 0. The maximum atomic E-state index is 11.7. The molecule has 0 spiro atoms. The summed E-state index contributed by atoms with van der Waals surface area (Å²) in [6.07, 6.45) is 3.71. The third-order valence-corrected chi connectivity index (χ3v) is 5.20. The second-order valence-corrected chi connectivity index (χ2v) is 7.27. The second kappa shape index (κ2) is 7.20. The summed E-state index contributed by atoms with van der Waals surface area (Å²) < 4.78 is 0. The fourth-order valence-corrected chi connectivity index (χ4v) is 3.99. The van der Waals surface area contributed by atoms with Crippen molar-refractivity contribution >= 4 is 34.1 Å². The van der Waals surface area contributed by atoms with E-state index in [2.05, 4.69) is 20.6 Å². The number of nitrogens with zero attached hydrogens (tertiary/aromatic N) is 2. The number of carbonyl (C=O) groups is 1. The van der Waals surface area contributed by atoms with Crippen LogP contribution in [-0.2, 0) is 0 Å². The summed E-state index contributed by atoms with van der Waals surface area (Å²) in [6.45, 7) is 4.48. The number of anilines is 1. The van der Waals surface area contributed by atoms with Gasteiger partial charge in [0, 0.05) is 41.1 Å². The minimum Gasteiger partial charge on any atom is -0.346 e. The van der Waals surface area contributed by atoms with Crippen LogP contribution in [0, 0.1) is 6.92 Å². The molecule has 136 valence electrons. The van der Waals surface area contributed by atoms with E-state index in [4.69, 9.17) is 4.98 Å². The van der Waals surface area contributed by atoms with Crippen LogP contribution < -0.4 is 10.6 Å². The molecule has 0 aliphatic rings. The Morgan fingerprint density at radius 3 is 2.78 bits per heavy atom. The van der Waals surface area contributed by atoms with Crippen molar-refractivity contribution in [2.45, 2.75) is 13.8 Å². The van der Waals surface area contributed by atoms with Crippen LogP contribution in [0.25, 0.3) is 32.7 Å². The van der Waals surface area contributed by atoms with Gasteiger partial charge in [0.1, 0.15) is 5.65 Å². The third-order valence-electron chi connectivity index (χ3n) is 4.19. The van der Waals surface area contributed by atoms with Crippen LogP contribution in [0.2, 0.25) is 0 Å². The number of hydrogen-bond donors (Lipinski definition) is 3. The Morgan fingerprint density at radius 1 is 1.19 bits per heavy atom. The number of hydrogen-bond acceptors (Lipinski definition) is 4. The minimum absolute atomic E-state index is 0.206. The molecule has 6 nitrogen and oxygen atoms in total. The van der Waals surface area contributed by atoms with E-state index in [1.807, 2.05) is 62.6 Å². The summed E-state index contributed by atoms with van der Waals surface area (Å²) in [5.41, 5.74) is 4.68. The lowest BCUT2D eigenvalue weighted by atomic mass is 10.1. The Kier molecular flexibility index (Phi) is 4.60. The number of aryl methyl sites for hydroxylation is 1. The number of H-pyrrole nitrogens is 1. The molecule has 0 radical (unpaired) electrons. The summed E-state index contributed by atoms with van der Waals surface area (Å²) >= 11 is 1.67.